The highest BCUT2D eigenvalue weighted by Gasteiger charge is 2.68. The molecular weight excluding hydrogens is 345 g/mol. The van der Waals surface area contributed by atoms with Gasteiger partial charge in [0.1, 0.15) is 16.6 Å². The van der Waals surface area contributed by atoms with E-state index >= 15 is 0 Å². The molecule has 1 atom stereocenters. The van der Waals surface area contributed by atoms with Crippen molar-refractivity contribution >= 4 is 40.8 Å². The van der Waals surface area contributed by atoms with Gasteiger partial charge in [-0.15, -0.1) is 23.2 Å². The number of nitrogens with one attached hydrogen (secondary N) is 1. The molecule has 1 aliphatic heterocycles. The Bertz CT molecular complexity index is 718. The van der Waals surface area contributed by atoms with E-state index < -0.39 is 21.6 Å². The van der Waals surface area contributed by atoms with Crippen LogP contribution in [0, 0.1) is 5.41 Å². The summed E-state index contributed by atoms with van der Waals surface area (Å²) in [7, 11) is 2.89. The van der Waals surface area contributed by atoms with E-state index in [0.29, 0.717) is 17.7 Å². The van der Waals surface area contributed by atoms with Crippen LogP contribution in [0.5, 0.6) is 11.5 Å². The van der Waals surface area contributed by atoms with E-state index in [-0.39, 0.29) is 23.6 Å². The van der Waals surface area contributed by atoms with Crippen molar-refractivity contribution in [2.75, 3.05) is 19.5 Å². The summed E-state index contributed by atoms with van der Waals surface area (Å²) in [6, 6.07) is 1.65. The van der Waals surface area contributed by atoms with Crippen molar-refractivity contribution < 1.29 is 23.8 Å². The predicted molar refractivity (Wildman–Crippen MR) is 84.5 cm³/mol. The third-order valence-electron chi connectivity index (χ3n) is 4.31. The Hall–Kier alpha value is -1.66. The van der Waals surface area contributed by atoms with Crippen LogP contribution in [0.4, 0.5) is 5.69 Å². The fraction of sp³-hybridized carbons (Fsp3) is 0.467. The molecule has 1 amide bonds. The fourth-order valence-corrected chi connectivity index (χ4v) is 3.33. The van der Waals surface area contributed by atoms with E-state index in [2.05, 4.69) is 5.32 Å². The van der Waals surface area contributed by atoms with E-state index in [4.69, 9.17) is 37.4 Å². The van der Waals surface area contributed by atoms with Crippen LogP contribution in [0.3, 0.4) is 0 Å². The van der Waals surface area contributed by atoms with Crippen LogP contribution in [0.2, 0.25) is 0 Å². The van der Waals surface area contributed by atoms with Gasteiger partial charge in [0.25, 0.3) is 0 Å². The summed E-state index contributed by atoms with van der Waals surface area (Å²) >= 11 is 12.1. The lowest BCUT2D eigenvalue weighted by molar-refractivity contribution is -0.120. The number of alkyl halides is 2. The number of rotatable bonds is 4. The highest BCUT2D eigenvalue weighted by molar-refractivity contribution is 6.53. The van der Waals surface area contributed by atoms with Gasteiger partial charge in [0.05, 0.1) is 25.2 Å². The van der Waals surface area contributed by atoms with Crippen molar-refractivity contribution in [3.63, 3.8) is 0 Å². The number of amides is 1. The molecule has 0 unspecified atom stereocenters. The van der Waals surface area contributed by atoms with Crippen molar-refractivity contribution in [2.45, 2.75) is 24.3 Å². The Morgan fingerprint density at radius 2 is 2.00 bits per heavy atom. The molecule has 6 nitrogen and oxygen atoms in total. The van der Waals surface area contributed by atoms with E-state index in [1.54, 1.807) is 13.0 Å². The number of ether oxygens (including phenoxy) is 3. The Labute approximate surface area is 143 Å². The smallest absolute Gasteiger partial charge is 0.341 e. The number of hydrogen-bond acceptors (Lipinski definition) is 5. The molecule has 1 fully saturated rings. The number of carbonyl (C=O) groups is 2. The van der Waals surface area contributed by atoms with Gasteiger partial charge in [-0.05, 0) is 19.4 Å². The first-order valence-corrected chi connectivity index (χ1v) is 7.65. The van der Waals surface area contributed by atoms with Gasteiger partial charge in [-0.2, -0.15) is 0 Å². The monoisotopic (exact) mass is 359 g/mol. The molecule has 2 aliphatic rings. The zero-order chi connectivity index (χ0) is 17.0. The second-order valence-electron chi connectivity index (χ2n) is 5.76. The third-order valence-corrected chi connectivity index (χ3v) is 5.41. The van der Waals surface area contributed by atoms with Crippen LogP contribution in [0.1, 0.15) is 29.3 Å². The van der Waals surface area contributed by atoms with Crippen molar-refractivity contribution in [3.05, 3.63) is 17.2 Å². The molecule has 0 bridgehead atoms. The van der Waals surface area contributed by atoms with E-state index in [9.17, 15) is 9.59 Å². The number of methoxy groups -OCH3 is 2. The zero-order valence-electron chi connectivity index (χ0n) is 12.8. The second kappa shape index (κ2) is 5.18. The normalized spacial score (nSPS) is 23.8. The first kappa shape index (κ1) is 16.2. The van der Waals surface area contributed by atoms with Crippen molar-refractivity contribution in [3.8, 4) is 11.5 Å². The molecule has 3 rings (SSSR count). The Kier molecular flexibility index (Phi) is 3.65. The maximum atomic E-state index is 12.6. The molecule has 23 heavy (non-hydrogen) atoms. The molecule has 1 aliphatic carbocycles. The topological polar surface area (TPSA) is 73.9 Å². The van der Waals surface area contributed by atoms with Gasteiger partial charge in [-0.1, -0.05) is 0 Å². The van der Waals surface area contributed by atoms with Crippen molar-refractivity contribution in [1.29, 1.82) is 0 Å². The summed E-state index contributed by atoms with van der Waals surface area (Å²) in [6.07, 6.45) is 0.327. The summed E-state index contributed by atoms with van der Waals surface area (Å²) in [5, 5.41) is 2.71. The number of anilines is 1. The lowest BCUT2D eigenvalue weighted by Gasteiger charge is -2.18. The highest BCUT2D eigenvalue weighted by Crippen LogP contribution is 2.64. The molecule has 1 aromatic rings. The van der Waals surface area contributed by atoms with Gasteiger partial charge in [0.2, 0.25) is 5.91 Å². The number of carbonyl (C=O) groups excluding carboxylic acids is 2. The SMILES string of the molecule is COc1cc2c(c(NC(=O)[C@]3(C)CC3(Cl)Cl)c1OC)C(=O)OC2. The molecule has 1 heterocycles. The summed E-state index contributed by atoms with van der Waals surface area (Å²) in [4.78, 5) is 24.6. The Balaban J connectivity index is 2.06. The van der Waals surface area contributed by atoms with Crippen molar-refractivity contribution in [2.24, 2.45) is 5.41 Å². The summed E-state index contributed by atoms with van der Waals surface area (Å²) in [6.45, 7) is 1.77. The van der Waals surface area contributed by atoms with Gasteiger partial charge < -0.3 is 19.5 Å². The van der Waals surface area contributed by atoms with Gasteiger partial charge in [0.15, 0.2) is 11.5 Å². The van der Waals surface area contributed by atoms with Crippen LogP contribution >= 0.6 is 23.2 Å². The molecule has 0 radical (unpaired) electrons. The van der Waals surface area contributed by atoms with Crippen LogP contribution in [0.15, 0.2) is 6.07 Å². The number of cyclic esters (lactones) is 1. The Morgan fingerprint density at radius 3 is 2.52 bits per heavy atom. The summed E-state index contributed by atoms with van der Waals surface area (Å²) < 4.78 is 14.5. The number of halogens is 2. The minimum Gasteiger partial charge on any atom is -0.493 e. The lowest BCUT2D eigenvalue weighted by atomic mass is 10.0. The van der Waals surface area contributed by atoms with Crippen LogP contribution in [-0.2, 0) is 16.1 Å². The summed E-state index contributed by atoms with van der Waals surface area (Å²) in [5.41, 5.74) is 0.160. The quantitative estimate of drug-likeness (QED) is 0.660. The van der Waals surface area contributed by atoms with E-state index in [1.165, 1.54) is 14.2 Å². The number of hydrogen-bond donors (Lipinski definition) is 1. The predicted octanol–water partition coefficient (Wildman–Crippen LogP) is 2.90. The molecule has 1 N–H and O–H groups in total. The lowest BCUT2D eigenvalue weighted by Crippen LogP contribution is -2.27. The molecule has 0 aromatic heterocycles. The van der Waals surface area contributed by atoms with Crippen molar-refractivity contribution in [1.82, 2.24) is 0 Å². The number of fused-ring (bicyclic) bond motifs is 1. The second-order valence-corrected chi connectivity index (χ2v) is 7.25. The number of benzene rings is 1. The van der Waals surface area contributed by atoms with Gasteiger partial charge in [0, 0.05) is 5.56 Å². The van der Waals surface area contributed by atoms with Crippen LogP contribution in [-0.4, -0.2) is 30.4 Å². The van der Waals surface area contributed by atoms with Crippen LogP contribution in [0.25, 0.3) is 0 Å². The molecular formula is C15H15Cl2NO5. The van der Waals surface area contributed by atoms with Gasteiger partial charge >= 0.3 is 5.97 Å². The molecule has 1 aromatic carbocycles. The molecule has 8 heteroatoms. The molecule has 124 valence electrons. The minimum atomic E-state index is -1.12. The third kappa shape index (κ3) is 2.32. The molecule has 0 spiro atoms. The van der Waals surface area contributed by atoms with Gasteiger partial charge in [-0.25, -0.2) is 4.79 Å². The van der Waals surface area contributed by atoms with E-state index in [0.717, 1.165) is 0 Å². The minimum absolute atomic E-state index is 0.115. The van der Waals surface area contributed by atoms with Gasteiger partial charge in [-0.3, -0.25) is 4.79 Å². The standard InChI is InChI=1S/C15H15Cl2NO5/c1-14(6-15(14,16)17)13(20)18-10-9-7(5-23-12(9)19)4-8(21-2)11(10)22-3/h4H,5-6H2,1-3H3,(H,18,20)/t14-/m0/s1. The fourth-order valence-electron chi connectivity index (χ4n) is 2.63. The summed E-state index contributed by atoms with van der Waals surface area (Å²) in [5.74, 6) is -0.280. The van der Waals surface area contributed by atoms with E-state index in [1.807, 2.05) is 0 Å². The maximum Gasteiger partial charge on any atom is 0.341 e. The average Bonchev–Trinajstić information content (AvgIpc) is 2.83. The zero-order valence-corrected chi connectivity index (χ0v) is 14.3. The largest absolute Gasteiger partial charge is 0.493 e. The highest BCUT2D eigenvalue weighted by atomic mass is 35.5. The average molecular weight is 360 g/mol. The number of esters is 1. The first-order valence-electron chi connectivity index (χ1n) is 6.89. The van der Waals surface area contributed by atoms with Crippen LogP contribution < -0.4 is 14.8 Å². The molecule has 0 saturated heterocycles. The Morgan fingerprint density at radius 1 is 1.35 bits per heavy atom. The first-order chi connectivity index (χ1) is 10.7. The maximum absolute atomic E-state index is 12.6. The molecule has 1 saturated carbocycles.